The summed E-state index contributed by atoms with van der Waals surface area (Å²) >= 11 is 0. The quantitative estimate of drug-likeness (QED) is 0.780. The number of amides is 1. The average molecular weight is 409 g/mol. The van der Waals surface area contributed by atoms with E-state index in [-0.39, 0.29) is 17.9 Å². The molecule has 1 aromatic heterocycles. The van der Waals surface area contributed by atoms with Crippen LogP contribution in [0.25, 0.3) is 5.69 Å². The van der Waals surface area contributed by atoms with E-state index in [0.717, 1.165) is 16.4 Å². The highest BCUT2D eigenvalue weighted by Gasteiger charge is 2.42. The minimum absolute atomic E-state index is 0.152. The lowest BCUT2D eigenvalue weighted by molar-refractivity contribution is -0.143. The van der Waals surface area contributed by atoms with Gasteiger partial charge in [0.1, 0.15) is 0 Å². The monoisotopic (exact) mass is 409 g/mol. The maximum Gasteiger partial charge on any atom is 0.434 e. The summed E-state index contributed by atoms with van der Waals surface area (Å²) < 4.78 is 53.3. The zero-order chi connectivity index (χ0) is 20.6. The van der Waals surface area contributed by atoms with Crippen LogP contribution in [0, 0.1) is 12.8 Å². The van der Waals surface area contributed by atoms with Crippen LogP contribution in [0.15, 0.2) is 30.5 Å². The van der Waals surface area contributed by atoms with Crippen LogP contribution in [0.3, 0.4) is 0 Å². The first-order chi connectivity index (χ1) is 13.8. The van der Waals surface area contributed by atoms with Crippen molar-refractivity contribution in [3.63, 3.8) is 0 Å². The van der Waals surface area contributed by atoms with Crippen molar-refractivity contribution in [2.75, 3.05) is 26.3 Å². The second-order valence-corrected chi connectivity index (χ2v) is 7.39. The van der Waals surface area contributed by atoms with Gasteiger partial charge in [-0.1, -0.05) is 17.7 Å². The topological polar surface area (TPSA) is 56.6 Å². The van der Waals surface area contributed by atoms with Gasteiger partial charge in [0.15, 0.2) is 12.0 Å². The van der Waals surface area contributed by atoms with E-state index in [2.05, 4.69) is 5.10 Å². The Kier molecular flexibility index (Phi) is 5.35. The van der Waals surface area contributed by atoms with Gasteiger partial charge in [-0.15, -0.1) is 0 Å². The van der Waals surface area contributed by atoms with Crippen LogP contribution in [0.1, 0.15) is 34.5 Å². The molecule has 0 N–H and O–H groups in total. The molecule has 2 aliphatic rings. The molecule has 2 aliphatic heterocycles. The van der Waals surface area contributed by atoms with Crippen LogP contribution in [0.5, 0.6) is 0 Å². The van der Waals surface area contributed by atoms with E-state index in [1.807, 2.05) is 6.92 Å². The first-order valence-corrected chi connectivity index (χ1v) is 9.59. The van der Waals surface area contributed by atoms with Crippen molar-refractivity contribution in [1.82, 2.24) is 14.7 Å². The van der Waals surface area contributed by atoms with Gasteiger partial charge in [0.05, 0.1) is 30.7 Å². The molecule has 2 aromatic rings. The molecule has 156 valence electrons. The van der Waals surface area contributed by atoms with Crippen LogP contribution >= 0.6 is 0 Å². The zero-order valence-corrected chi connectivity index (χ0v) is 16.0. The normalized spacial score (nSPS) is 19.1. The van der Waals surface area contributed by atoms with Crippen molar-refractivity contribution in [3.05, 3.63) is 47.3 Å². The number of rotatable bonds is 3. The molecule has 1 amide bonds. The molecule has 2 saturated heterocycles. The predicted molar refractivity (Wildman–Crippen MR) is 97.6 cm³/mol. The van der Waals surface area contributed by atoms with Crippen molar-refractivity contribution < 1.29 is 27.4 Å². The van der Waals surface area contributed by atoms with Gasteiger partial charge in [-0.25, -0.2) is 4.68 Å². The highest BCUT2D eigenvalue weighted by Crippen LogP contribution is 2.35. The third-order valence-electron chi connectivity index (χ3n) is 5.41. The summed E-state index contributed by atoms with van der Waals surface area (Å²) in [5.41, 5.74) is -0.291. The number of likely N-dealkylation sites (tertiary alicyclic amines) is 1. The maximum atomic E-state index is 13.8. The van der Waals surface area contributed by atoms with Crippen molar-refractivity contribution in [1.29, 1.82) is 0 Å². The van der Waals surface area contributed by atoms with E-state index in [4.69, 9.17) is 9.47 Å². The molecule has 2 fully saturated rings. The number of carbonyl (C=O) groups excluding carboxylic acids is 1. The molecular weight excluding hydrogens is 387 g/mol. The van der Waals surface area contributed by atoms with E-state index < -0.39 is 23.3 Å². The molecule has 3 heterocycles. The standard InChI is InChI=1S/C20H22F3N3O3/c1-13-2-4-15(5-3-13)26-17(20(21,22)23)16(12-24-26)18(27)25-8-6-14(7-9-25)19-28-10-11-29-19/h2-5,12,14,19H,6-11H2,1H3. The number of aryl methyl sites for hydroxylation is 1. The van der Waals surface area contributed by atoms with Crippen LogP contribution < -0.4 is 0 Å². The fourth-order valence-electron chi connectivity index (χ4n) is 3.85. The van der Waals surface area contributed by atoms with Gasteiger partial charge in [-0.3, -0.25) is 4.79 Å². The largest absolute Gasteiger partial charge is 0.434 e. The molecule has 29 heavy (non-hydrogen) atoms. The second-order valence-electron chi connectivity index (χ2n) is 7.39. The van der Waals surface area contributed by atoms with E-state index in [9.17, 15) is 18.0 Å². The molecule has 1 aromatic carbocycles. The number of aromatic nitrogens is 2. The number of hydrogen-bond acceptors (Lipinski definition) is 4. The smallest absolute Gasteiger partial charge is 0.350 e. The SMILES string of the molecule is Cc1ccc(-n2ncc(C(=O)N3CCC(C4OCCO4)CC3)c2C(F)(F)F)cc1. The zero-order valence-electron chi connectivity index (χ0n) is 16.0. The summed E-state index contributed by atoms with van der Waals surface area (Å²) in [5, 5.41) is 3.89. The molecule has 4 rings (SSSR count). The molecule has 9 heteroatoms. The van der Waals surface area contributed by atoms with Gasteiger partial charge in [-0.2, -0.15) is 18.3 Å². The number of piperidine rings is 1. The van der Waals surface area contributed by atoms with Gasteiger partial charge >= 0.3 is 6.18 Å². The summed E-state index contributed by atoms with van der Waals surface area (Å²) in [4.78, 5) is 14.4. The molecule has 0 saturated carbocycles. The highest BCUT2D eigenvalue weighted by atomic mass is 19.4. The summed E-state index contributed by atoms with van der Waals surface area (Å²) in [6.45, 7) is 3.67. The highest BCUT2D eigenvalue weighted by molar-refractivity contribution is 5.95. The predicted octanol–water partition coefficient (Wildman–Crippen LogP) is 3.42. The summed E-state index contributed by atoms with van der Waals surface area (Å²) in [5.74, 6) is -0.499. The van der Waals surface area contributed by atoms with Crippen molar-refractivity contribution in [3.8, 4) is 5.69 Å². The Morgan fingerprint density at radius 1 is 1.10 bits per heavy atom. The number of carbonyl (C=O) groups is 1. The number of nitrogens with zero attached hydrogens (tertiary/aromatic N) is 3. The second kappa shape index (κ2) is 7.79. The summed E-state index contributed by atoms with van der Waals surface area (Å²) in [6, 6.07) is 6.52. The minimum atomic E-state index is -4.71. The fraction of sp³-hybridized carbons (Fsp3) is 0.500. The molecule has 0 unspecified atom stereocenters. The third kappa shape index (κ3) is 4.02. The molecule has 0 radical (unpaired) electrons. The number of hydrogen-bond donors (Lipinski definition) is 0. The van der Waals surface area contributed by atoms with Crippen LogP contribution in [-0.2, 0) is 15.7 Å². The van der Waals surface area contributed by atoms with E-state index >= 15 is 0 Å². The lowest BCUT2D eigenvalue weighted by Gasteiger charge is -2.33. The van der Waals surface area contributed by atoms with E-state index in [0.29, 0.717) is 39.1 Å². The summed E-state index contributed by atoms with van der Waals surface area (Å²) in [7, 11) is 0. The van der Waals surface area contributed by atoms with Crippen LogP contribution in [-0.4, -0.2) is 53.2 Å². The molecule has 0 aliphatic carbocycles. The Morgan fingerprint density at radius 3 is 2.31 bits per heavy atom. The minimum Gasteiger partial charge on any atom is -0.350 e. The Labute approximate surface area is 166 Å². The number of alkyl halides is 3. The lowest BCUT2D eigenvalue weighted by Crippen LogP contribution is -2.42. The molecule has 0 atom stereocenters. The van der Waals surface area contributed by atoms with Crippen molar-refractivity contribution in [2.24, 2.45) is 5.92 Å². The average Bonchev–Trinajstić information content (AvgIpc) is 3.38. The van der Waals surface area contributed by atoms with Crippen LogP contribution in [0.2, 0.25) is 0 Å². The van der Waals surface area contributed by atoms with Crippen molar-refractivity contribution >= 4 is 5.91 Å². The third-order valence-corrected chi connectivity index (χ3v) is 5.41. The maximum absolute atomic E-state index is 13.8. The Bertz CT molecular complexity index is 865. The lowest BCUT2D eigenvalue weighted by atomic mass is 9.95. The van der Waals surface area contributed by atoms with Gasteiger partial charge in [0, 0.05) is 19.0 Å². The van der Waals surface area contributed by atoms with Gasteiger partial charge in [0.2, 0.25) is 0 Å². The Hall–Kier alpha value is -2.39. The van der Waals surface area contributed by atoms with E-state index in [1.165, 1.54) is 4.90 Å². The molecule has 0 spiro atoms. The molecule has 6 nitrogen and oxygen atoms in total. The summed E-state index contributed by atoms with van der Waals surface area (Å²) in [6.07, 6.45) is -2.72. The van der Waals surface area contributed by atoms with Crippen molar-refractivity contribution in [2.45, 2.75) is 32.2 Å². The number of ether oxygens (including phenoxy) is 2. The van der Waals surface area contributed by atoms with Gasteiger partial charge < -0.3 is 14.4 Å². The number of benzene rings is 1. The van der Waals surface area contributed by atoms with Crippen LogP contribution in [0.4, 0.5) is 13.2 Å². The number of halogens is 3. The first kappa shape index (κ1) is 19.9. The van der Waals surface area contributed by atoms with Gasteiger partial charge in [0.25, 0.3) is 5.91 Å². The fourth-order valence-corrected chi connectivity index (χ4v) is 3.85. The first-order valence-electron chi connectivity index (χ1n) is 9.59. The van der Waals surface area contributed by atoms with E-state index in [1.54, 1.807) is 24.3 Å². The molecular formula is C20H22F3N3O3. The van der Waals surface area contributed by atoms with Gasteiger partial charge in [-0.05, 0) is 31.9 Å². The molecule has 0 bridgehead atoms. The Morgan fingerprint density at radius 2 is 1.72 bits per heavy atom. The Balaban J connectivity index is 1.56.